The summed E-state index contributed by atoms with van der Waals surface area (Å²) in [6.07, 6.45) is 4.08. The van der Waals surface area contributed by atoms with E-state index >= 15 is 0 Å². The molecule has 0 heterocycles. The Labute approximate surface area is 94.9 Å². The molecule has 0 radical (unpaired) electrons. The van der Waals surface area contributed by atoms with Crippen molar-refractivity contribution in [3.63, 3.8) is 0 Å². The van der Waals surface area contributed by atoms with E-state index in [-0.39, 0.29) is 5.91 Å². The van der Waals surface area contributed by atoms with E-state index in [2.05, 4.69) is 5.32 Å². The fourth-order valence-corrected chi connectivity index (χ4v) is 1.29. The maximum absolute atomic E-state index is 11.4. The van der Waals surface area contributed by atoms with E-state index in [1.165, 1.54) is 0 Å². The van der Waals surface area contributed by atoms with Crippen molar-refractivity contribution < 1.29 is 4.79 Å². The molecule has 15 heavy (non-hydrogen) atoms. The summed E-state index contributed by atoms with van der Waals surface area (Å²) in [5.74, 6) is 0.509. The zero-order valence-electron chi connectivity index (χ0n) is 8.45. The first kappa shape index (κ1) is 11.8. The second-order valence-electron chi connectivity index (χ2n) is 3.09. The maximum Gasteiger partial charge on any atom is 0.224 e. The van der Waals surface area contributed by atoms with Gasteiger partial charge >= 0.3 is 0 Å². The molecule has 1 aromatic rings. The van der Waals surface area contributed by atoms with Gasteiger partial charge in [-0.15, -0.1) is 11.6 Å². The molecular weight excluding hydrogens is 210 g/mol. The van der Waals surface area contributed by atoms with Crippen LogP contribution in [0.25, 0.3) is 0 Å². The van der Waals surface area contributed by atoms with Crippen molar-refractivity contribution in [1.82, 2.24) is 5.32 Å². The Bertz CT molecular complexity index is 322. The highest BCUT2D eigenvalue weighted by atomic mass is 35.5. The Hall–Kier alpha value is -1.28. The van der Waals surface area contributed by atoms with Gasteiger partial charge in [0.05, 0.1) is 6.42 Å². The van der Waals surface area contributed by atoms with Gasteiger partial charge in [-0.05, 0) is 5.56 Å². The summed E-state index contributed by atoms with van der Waals surface area (Å²) in [6, 6.07) is 9.67. The molecule has 1 N–H and O–H groups in total. The Balaban J connectivity index is 2.28. The first-order valence-electron chi connectivity index (χ1n) is 4.84. The Morgan fingerprint density at radius 1 is 1.27 bits per heavy atom. The van der Waals surface area contributed by atoms with Gasteiger partial charge in [-0.3, -0.25) is 4.79 Å². The number of halogens is 1. The summed E-state index contributed by atoms with van der Waals surface area (Å²) in [5, 5.41) is 2.78. The molecule has 80 valence electrons. The first-order chi connectivity index (χ1) is 7.33. The lowest BCUT2D eigenvalue weighted by molar-refractivity contribution is -0.120. The van der Waals surface area contributed by atoms with Crippen LogP contribution in [-0.4, -0.2) is 18.3 Å². The number of hydrogen-bond acceptors (Lipinski definition) is 1. The summed E-state index contributed by atoms with van der Waals surface area (Å²) in [7, 11) is 0. The van der Waals surface area contributed by atoms with Gasteiger partial charge in [0.25, 0.3) is 0 Å². The first-order valence-corrected chi connectivity index (χ1v) is 5.38. The maximum atomic E-state index is 11.4. The van der Waals surface area contributed by atoms with Gasteiger partial charge in [0.1, 0.15) is 0 Å². The molecule has 0 saturated carbocycles. The molecule has 0 fully saturated rings. The second-order valence-corrected chi connectivity index (χ2v) is 3.40. The molecule has 0 bridgehead atoms. The number of carbonyl (C=O) groups is 1. The minimum absolute atomic E-state index is 0.0282. The van der Waals surface area contributed by atoms with Crippen LogP contribution < -0.4 is 5.32 Å². The SMILES string of the molecule is O=C(Cc1ccccc1)NC/C=C/CCl. The summed E-state index contributed by atoms with van der Waals surface area (Å²) < 4.78 is 0. The molecule has 0 spiro atoms. The molecule has 0 saturated heterocycles. The predicted molar refractivity (Wildman–Crippen MR) is 63.0 cm³/mol. The van der Waals surface area contributed by atoms with Crippen molar-refractivity contribution in [2.75, 3.05) is 12.4 Å². The Morgan fingerprint density at radius 3 is 2.67 bits per heavy atom. The van der Waals surface area contributed by atoms with Crippen LogP contribution in [-0.2, 0) is 11.2 Å². The van der Waals surface area contributed by atoms with Crippen LogP contribution in [0, 0.1) is 0 Å². The van der Waals surface area contributed by atoms with Gasteiger partial charge in [0.2, 0.25) is 5.91 Å². The Kier molecular flexibility index (Phi) is 5.56. The van der Waals surface area contributed by atoms with Gasteiger partial charge in [-0.2, -0.15) is 0 Å². The van der Waals surface area contributed by atoms with Crippen LogP contribution in [0.15, 0.2) is 42.5 Å². The highest BCUT2D eigenvalue weighted by Gasteiger charge is 1.99. The van der Waals surface area contributed by atoms with Crippen molar-refractivity contribution >= 4 is 17.5 Å². The van der Waals surface area contributed by atoms with Gasteiger partial charge in [0.15, 0.2) is 0 Å². The number of allylic oxidation sites excluding steroid dienone is 1. The number of alkyl halides is 1. The van der Waals surface area contributed by atoms with Crippen molar-refractivity contribution in [2.24, 2.45) is 0 Å². The van der Waals surface area contributed by atoms with Gasteiger partial charge in [-0.1, -0.05) is 42.5 Å². The van der Waals surface area contributed by atoms with Crippen LogP contribution in [0.3, 0.4) is 0 Å². The van der Waals surface area contributed by atoms with Crippen LogP contribution in [0.4, 0.5) is 0 Å². The quantitative estimate of drug-likeness (QED) is 0.602. The highest BCUT2D eigenvalue weighted by Crippen LogP contribution is 1.98. The lowest BCUT2D eigenvalue weighted by Gasteiger charge is -2.01. The summed E-state index contributed by atoms with van der Waals surface area (Å²) in [6.45, 7) is 0.540. The molecule has 1 rings (SSSR count). The van der Waals surface area contributed by atoms with Crippen LogP contribution in [0.1, 0.15) is 5.56 Å². The smallest absolute Gasteiger partial charge is 0.224 e. The Morgan fingerprint density at radius 2 is 2.00 bits per heavy atom. The summed E-state index contributed by atoms with van der Waals surface area (Å²) in [4.78, 5) is 11.4. The van der Waals surface area contributed by atoms with E-state index in [4.69, 9.17) is 11.6 Å². The standard InChI is InChI=1S/C12H14ClNO/c13-8-4-5-9-14-12(15)10-11-6-2-1-3-7-11/h1-7H,8-10H2,(H,14,15)/b5-4+. The molecule has 0 unspecified atom stereocenters. The second kappa shape index (κ2) is 7.07. The fraction of sp³-hybridized carbons (Fsp3) is 0.250. The van der Waals surface area contributed by atoms with E-state index in [1.807, 2.05) is 42.5 Å². The molecule has 3 heteroatoms. The lowest BCUT2D eigenvalue weighted by atomic mass is 10.1. The third-order valence-corrected chi connectivity index (χ3v) is 2.06. The van der Waals surface area contributed by atoms with Crippen molar-refractivity contribution in [2.45, 2.75) is 6.42 Å². The predicted octanol–water partition coefficient (Wildman–Crippen LogP) is 2.14. The molecule has 0 aromatic heterocycles. The summed E-state index contributed by atoms with van der Waals surface area (Å²) in [5.41, 5.74) is 1.02. The zero-order valence-corrected chi connectivity index (χ0v) is 9.20. The van der Waals surface area contributed by atoms with E-state index < -0.39 is 0 Å². The largest absolute Gasteiger partial charge is 0.352 e. The molecular formula is C12H14ClNO. The van der Waals surface area contributed by atoms with E-state index in [0.717, 1.165) is 5.56 Å². The minimum atomic E-state index is 0.0282. The molecule has 1 amide bonds. The molecule has 0 aliphatic rings. The topological polar surface area (TPSA) is 29.1 Å². The zero-order chi connectivity index (χ0) is 10.9. The summed E-state index contributed by atoms with van der Waals surface area (Å²) >= 11 is 5.45. The van der Waals surface area contributed by atoms with Crippen molar-refractivity contribution in [1.29, 1.82) is 0 Å². The average molecular weight is 224 g/mol. The number of amides is 1. The van der Waals surface area contributed by atoms with Crippen molar-refractivity contribution in [3.05, 3.63) is 48.0 Å². The number of carbonyl (C=O) groups excluding carboxylic acids is 1. The lowest BCUT2D eigenvalue weighted by Crippen LogP contribution is -2.25. The van der Waals surface area contributed by atoms with Gasteiger partial charge in [-0.25, -0.2) is 0 Å². The number of hydrogen-bond donors (Lipinski definition) is 1. The molecule has 0 atom stereocenters. The van der Waals surface area contributed by atoms with Crippen LogP contribution in [0.5, 0.6) is 0 Å². The third-order valence-electron chi connectivity index (χ3n) is 1.88. The third kappa shape index (κ3) is 5.23. The average Bonchev–Trinajstić information content (AvgIpc) is 2.26. The van der Waals surface area contributed by atoms with E-state index in [1.54, 1.807) is 0 Å². The molecule has 0 aliphatic heterocycles. The van der Waals surface area contributed by atoms with E-state index in [9.17, 15) is 4.79 Å². The van der Waals surface area contributed by atoms with Gasteiger partial charge in [0, 0.05) is 12.4 Å². The minimum Gasteiger partial charge on any atom is -0.352 e. The van der Waals surface area contributed by atoms with E-state index in [0.29, 0.717) is 18.8 Å². The fourth-order valence-electron chi connectivity index (χ4n) is 1.16. The van der Waals surface area contributed by atoms with Crippen LogP contribution in [0.2, 0.25) is 0 Å². The number of nitrogens with one attached hydrogen (secondary N) is 1. The molecule has 1 aromatic carbocycles. The molecule has 2 nitrogen and oxygen atoms in total. The molecule has 0 aliphatic carbocycles. The highest BCUT2D eigenvalue weighted by molar-refractivity contribution is 6.18. The number of rotatable bonds is 5. The normalized spacial score (nSPS) is 10.5. The number of benzene rings is 1. The van der Waals surface area contributed by atoms with Gasteiger partial charge < -0.3 is 5.32 Å². The van der Waals surface area contributed by atoms with Crippen molar-refractivity contribution in [3.8, 4) is 0 Å². The van der Waals surface area contributed by atoms with Crippen LogP contribution >= 0.6 is 11.6 Å². The monoisotopic (exact) mass is 223 g/mol.